The van der Waals surface area contributed by atoms with E-state index in [1.807, 2.05) is 54.6 Å². The number of rotatable bonds is 5. The predicted molar refractivity (Wildman–Crippen MR) is 141 cm³/mol. The van der Waals surface area contributed by atoms with Crippen molar-refractivity contribution >= 4 is 52.7 Å². The first-order valence-corrected chi connectivity index (χ1v) is 12.0. The van der Waals surface area contributed by atoms with Crippen LogP contribution in [0.5, 0.6) is 11.5 Å². The minimum Gasteiger partial charge on any atom is -0.457 e. The van der Waals surface area contributed by atoms with Crippen molar-refractivity contribution in [3.8, 4) is 11.5 Å². The molecule has 0 radical (unpaired) electrons. The molecule has 3 aromatic rings. The molecule has 1 N–H and O–H groups in total. The van der Waals surface area contributed by atoms with E-state index in [0.29, 0.717) is 17.2 Å². The van der Waals surface area contributed by atoms with E-state index in [0.717, 1.165) is 10.5 Å². The number of carbonyl (C=O) groups is 2. The molecule has 1 aliphatic heterocycles. The van der Waals surface area contributed by atoms with Gasteiger partial charge in [-0.1, -0.05) is 57.2 Å². The van der Waals surface area contributed by atoms with Crippen LogP contribution in [-0.2, 0) is 9.59 Å². The molecule has 0 bridgehead atoms. The van der Waals surface area contributed by atoms with E-state index in [4.69, 9.17) is 17.0 Å². The molecule has 7 heteroatoms. The Hall–Kier alpha value is -3.42. The maximum absolute atomic E-state index is 13.4. The van der Waals surface area contributed by atoms with Crippen LogP contribution in [-0.4, -0.2) is 21.7 Å². The number of benzene rings is 3. The molecule has 1 saturated heterocycles. The summed E-state index contributed by atoms with van der Waals surface area (Å²) in [6.07, 6.45) is 1.63. The first-order chi connectivity index (χ1) is 16.2. The topological polar surface area (TPSA) is 58.6 Å². The minimum atomic E-state index is -0.508. The van der Waals surface area contributed by atoms with Gasteiger partial charge in [0, 0.05) is 9.64 Å². The Balaban J connectivity index is 1.62. The summed E-state index contributed by atoms with van der Waals surface area (Å²) >= 11 is 7.00. The highest BCUT2D eigenvalue weighted by atomic mass is 32.2. The van der Waals surface area contributed by atoms with Crippen LogP contribution in [0.3, 0.4) is 0 Å². The van der Waals surface area contributed by atoms with Crippen LogP contribution < -0.4 is 15.0 Å². The van der Waals surface area contributed by atoms with Gasteiger partial charge < -0.3 is 4.74 Å². The highest BCUT2D eigenvalue weighted by Crippen LogP contribution is 2.35. The molecule has 0 saturated carbocycles. The van der Waals surface area contributed by atoms with E-state index in [1.165, 1.54) is 4.90 Å². The third-order valence-corrected chi connectivity index (χ3v) is 6.30. The van der Waals surface area contributed by atoms with Crippen LogP contribution in [0.1, 0.15) is 26.3 Å². The summed E-state index contributed by atoms with van der Waals surface area (Å²) in [5.41, 5.74) is 1.37. The number of anilines is 1. The Labute approximate surface area is 208 Å². The van der Waals surface area contributed by atoms with Crippen LogP contribution in [0.25, 0.3) is 6.08 Å². The zero-order valence-electron chi connectivity index (χ0n) is 19.1. The molecule has 1 fully saturated rings. The van der Waals surface area contributed by atoms with Crippen molar-refractivity contribution in [1.82, 2.24) is 5.32 Å². The van der Waals surface area contributed by atoms with Gasteiger partial charge in [0.2, 0.25) is 0 Å². The molecule has 0 aliphatic carbocycles. The fraction of sp³-hybridized carbons (Fsp3) is 0.148. The zero-order chi connectivity index (χ0) is 24.3. The Morgan fingerprint density at radius 1 is 0.882 bits per heavy atom. The number of amides is 2. The van der Waals surface area contributed by atoms with E-state index >= 15 is 0 Å². The Kier molecular flexibility index (Phi) is 6.86. The summed E-state index contributed by atoms with van der Waals surface area (Å²) in [6.45, 7) is 6.35. The quantitative estimate of drug-likeness (QED) is 0.201. The molecule has 172 valence electrons. The third-order valence-electron chi connectivity index (χ3n) is 4.81. The highest BCUT2D eigenvalue weighted by Gasteiger charge is 2.34. The maximum atomic E-state index is 13.4. The molecule has 0 unspecified atom stereocenters. The molecular weight excluding hydrogens is 464 g/mol. The van der Waals surface area contributed by atoms with E-state index in [-0.39, 0.29) is 15.4 Å². The van der Waals surface area contributed by atoms with Gasteiger partial charge in [-0.15, -0.1) is 11.8 Å². The monoisotopic (exact) mass is 488 g/mol. The summed E-state index contributed by atoms with van der Waals surface area (Å²) < 4.78 is 5.80. The number of hydrogen-bond acceptors (Lipinski definition) is 5. The van der Waals surface area contributed by atoms with Crippen LogP contribution >= 0.6 is 24.0 Å². The van der Waals surface area contributed by atoms with Gasteiger partial charge in [0.05, 0.1) is 5.69 Å². The summed E-state index contributed by atoms with van der Waals surface area (Å²) in [7, 11) is 0. The lowest BCUT2D eigenvalue weighted by Gasteiger charge is -2.29. The van der Waals surface area contributed by atoms with E-state index < -0.39 is 11.8 Å². The normalized spacial score (nSPS) is 15.4. The first-order valence-electron chi connectivity index (χ1n) is 10.7. The Bertz CT molecular complexity index is 1260. The van der Waals surface area contributed by atoms with Crippen LogP contribution in [0.15, 0.2) is 89.3 Å². The molecule has 2 amide bonds. The first kappa shape index (κ1) is 23.7. The number of nitrogens with zero attached hydrogens (tertiary/aromatic N) is 1. The second-order valence-electron chi connectivity index (χ2n) is 8.62. The van der Waals surface area contributed by atoms with Gasteiger partial charge in [-0.2, -0.15) is 0 Å². The van der Waals surface area contributed by atoms with Crippen LogP contribution in [0.2, 0.25) is 0 Å². The summed E-state index contributed by atoms with van der Waals surface area (Å²) in [4.78, 5) is 28.4. The molecule has 34 heavy (non-hydrogen) atoms. The number of hydrogen-bond donors (Lipinski definition) is 1. The van der Waals surface area contributed by atoms with Crippen molar-refractivity contribution in [2.75, 3.05) is 4.90 Å². The van der Waals surface area contributed by atoms with Crippen molar-refractivity contribution in [3.05, 3.63) is 90.0 Å². The van der Waals surface area contributed by atoms with Crippen molar-refractivity contribution in [2.24, 2.45) is 0 Å². The molecular formula is C27H24N2O3S2. The number of nitrogens with one attached hydrogen (secondary N) is 1. The van der Waals surface area contributed by atoms with Crippen LogP contribution in [0.4, 0.5) is 5.69 Å². The maximum Gasteiger partial charge on any atom is 0.270 e. The average Bonchev–Trinajstić information content (AvgIpc) is 2.78. The molecule has 0 aromatic heterocycles. The van der Waals surface area contributed by atoms with Crippen molar-refractivity contribution < 1.29 is 14.3 Å². The summed E-state index contributed by atoms with van der Waals surface area (Å²) in [5.74, 6) is 0.356. The van der Waals surface area contributed by atoms with Gasteiger partial charge in [-0.25, -0.2) is 0 Å². The Morgan fingerprint density at radius 3 is 2.18 bits per heavy atom. The number of para-hydroxylation sites is 1. The predicted octanol–water partition coefficient (Wildman–Crippen LogP) is 6.20. The number of thiocarbonyl (C=S) groups is 1. The summed E-state index contributed by atoms with van der Waals surface area (Å²) in [6, 6.07) is 24.1. The van der Waals surface area contributed by atoms with Gasteiger partial charge in [-0.05, 0) is 66.3 Å². The number of ether oxygens (including phenoxy) is 1. The molecule has 1 aliphatic rings. The fourth-order valence-corrected chi connectivity index (χ4v) is 4.69. The molecule has 4 rings (SSSR count). The van der Waals surface area contributed by atoms with Crippen LogP contribution in [0, 0.1) is 0 Å². The lowest BCUT2D eigenvalue weighted by Crippen LogP contribution is -2.54. The molecule has 0 atom stereocenters. The fourth-order valence-electron chi connectivity index (χ4n) is 3.36. The molecule has 1 heterocycles. The average molecular weight is 489 g/mol. The SMILES string of the molecule is CC(C)(C)Sc1ccccc1C=C1C(=O)NC(=S)N(c2ccc(Oc3ccccc3)cc2)C1=O. The van der Waals surface area contributed by atoms with E-state index in [9.17, 15) is 9.59 Å². The minimum absolute atomic E-state index is 0.0232. The van der Waals surface area contributed by atoms with Crippen molar-refractivity contribution in [2.45, 2.75) is 30.4 Å². The summed E-state index contributed by atoms with van der Waals surface area (Å²) in [5, 5.41) is 2.68. The van der Waals surface area contributed by atoms with Gasteiger partial charge in [0.1, 0.15) is 17.1 Å². The second kappa shape index (κ2) is 9.83. The number of thioether (sulfide) groups is 1. The second-order valence-corrected chi connectivity index (χ2v) is 10.9. The standard InChI is InChI=1S/C27H24N2O3S2/c1-27(2,3)34-23-12-8-7-9-18(23)17-22-24(30)28-26(33)29(25(22)31)19-13-15-21(16-14-19)32-20-10-5-4-6-11-20/h4-17H,1-3H3,(H,28,30,33). The van der Waals surface area contributed by atoms with E-state index in [1.54, 1.807) is 42.1 Å². The van der Waals surface area contributed by atoms with Gasteiger partial charge in [0.25, 0.3) is 11.8 Å². The Morgan fingerprint density at radius 2 is 1.50 bits per heavy atom. The van der Waals surface area contributed by atoms with Crippen molar-refractivity contribution in [1.29, 1.82) is 0 Å². The van der Waals surface area contributed by atoms with Gasteiger partial charge >= 0.3 is 0 Å². The molecule has 0 spiro atoms. The molecule has 5 nitrogen and oxygen atoms in total. The van der Waals surface area contributed by atoms with Crippen molar-refractivity contribution in [3.63, 3.8) is 0 Å². The zero-order valence-corrected chi connectivity index (χ0v) is 20.7. The number of carbonyl (C=O) groups excluding carboxylic acids is 2. The largest absolute Gasteiger partial charge is 0.457 e. The van der Waals surface area contributed by atoms with E-state index in [2.05, 4.69) is 26.1 Å². The third kappa shape index (κ3) is 5.55. The molecule has 3 aromatic carbocycles. The lowest BCUT2D eigenvalue weighted by molar-refractivity contribution is -0.122. The lowest BCUT2D eigenvalue weighted by atomic mass is 10.1. The smallest absolute Gasteiger partial charge is 0.270 e. The van der Waals surface area contributed by atoms with Gasteiger partial charge in [0.15, 0.2) is 5.11 Å². The van der Waals surface area contributed by atoms with Gasteiger partial charge in [-0.3, -0.25) is 19.8 Å². The highest BCUT2D eigenvalue weighted by molar-refractivity contribution is 8.00.